The van der Waals surface area contributed by atoms with E-state index in [4.69, 9.17) is 0 Å². The molecule has 1 fully saturated rings. The van der Waals surface area contributed by atoms with Crippen molar-refractivity contribution in [2.45, 2.75) is 51.4 Å². The lowest BCUT2D eigenvalue weighted by Gasteiger charge is -2.27. The zero-order valence-corrected chi connectivity index (χ0v) is 10.7. The van der Waals surface area contributed by atoms with E-state index in [1.165, 1.54) is 32.1 Å². The number of rotatable bonds is 2. The summed E-state index contributed by atoms with van der Waals surface area (Å²) in [4.78, 5) is 0. The van der Waals surface area contributed by atoms with Gasteiger partial charge in [0.1, 0.15) is 0 Å². The Balaban J connectivity index is 2.09. The number of hydrogen-bond donors (Lipinski definition) is 0. The molecule has 1 heterocycles. The molecule has 1 saturated carbocycles. The fourth-order valence-corrected chi connectivity index (χ4v) is 2.81. The van der Waals surface area contributed by atoms with Crippen LogP contribution >= 0.6 is 0 Å². The Hall–Kier alpha value is -1.30. The second-order valence-corrected chi connectivity index (χ2v) is 5.32. The summed E-state index contributed by atoms with van der Waals surface area (Å²) >= 11 is 0. The minimum absolute atomic E-state index is 0.158. The van der Waals surface area contributed by atoms with Gasteiger partial charge in [0.15, 0.2) is 0 Å². The van der Waals surface area contributed by atoms with Crippen LogP contribution in [0.15, 0.2) is 12.3 Å². The first kappa shape index (κ1) is 12.2. The second-order valence-electron chi connectivity index (χ2n) is 5.32. The SMILES string of the molecule is Cn1ccc(CC2(C#N)CCCCCCC2)n1. The van der Waals surface area contributed by atoms with Gasteiger partial charge >= 0.3 is 0 Å². The second kappa shape index (κ2) is 5.35. The molecule has 0 aliphatic heterocycles. The van der Waals surface area contributed by atoms with Crippen molar-refractivity contribution in [2.75, 3.05) is 0 Å². The van der Waals surface area contributed by atoms with Crippen LogP contribution in [0.2, 0.25) is 0 Å². The minimum atomic E-state index is -0.158. The minimum Gasteiger partial charge on any atom is -0.276 e. The molecule has 3 nitrogen and oxygen atoms in total. The van der Waals surface area contributed by atoms with Gasteiger partial charge in [0.2, 0.25) is 0 Å². The van der Waals surface area contributed by atoms with Gasteiger partial charge in [0.25, 0.3) is 0 Å². The van der Waals surface area contributed by atoms with Gasteiger partial charge < -0.3 is 0 Å². The topological polar surface area (TPSA) is 41.6 Å². The predicted molar refractivity (Wildman–Crippen MR) is 67.3 cm³/mol. The maximum atomic E-state index is 9.54. The average Bonchev–Trinajstić information content (AvgIpc) is 2.68. The fourth-order valence-electron chi connectivity index (χ4n) is 2.81. The molecule has 3 heteroatoms. The Morgan fingerprint density at radius 3 is 2.47 bits per heavy atom. The van der Waals surface area contributed by atoms with E-state index in [-0.39, 0.29) is 5.41 Å². The number of nitriles is 1. The number of aryl methyl sites for hydroxylation is 1. The van der Waals surface area contributed by atoms with Crippen molar-refractivity contribution in [3.8, 4) is 6.07 Å². The molecule has 0 N–H and O–H groups in total. The van der Waals surface area contributed by atoms with Crippen LogP contribution < -0.4 is 0 Å². The Kier molecular flexibility index (Phi) is 3.83. The van der Waals surface area contributed by atoms with Crippen LogP contribution in [0.25, 0.3) is 0 Å². The van der Waals surface area contributed by atoms with Gasteiger partial charge in [0.05, 0.1) is 17.2 Å². The van der Waals surface area contributed by atoms with E-state index in [2.05, 4.69) is 11.2 Å². The highest BCUT2D eigenvalue weighted by Crippen LogP contribution is 2.36. The summed E-state index contributed by atoms with van der Waals surface area (Å²) in [7, 11) is 1.93. The van der Waals surface area contributed by atoms with E-state index in [1.54, 1.807) is 0 Å². The molecule has 0 bridgehead atoms. The summed E-state index contributed by atoms with van der Waals surface area (Å²) in [5.74, 6) is 0. The van der Waals surface area contributed by atoms with Crippen molar-refractivity contribution < 1.29 is 0 Å². The molecule has 0 radical (unpaired) electrons. The van der Waals surface area contributed by atoms with Crippen molar-refractivity contribution in [3.63, 3.8) is 0 Å². The van der Waals surface area contributed by atoms with Crippen molar-refractivity contribution in [1.29, 1.82) is 5.26 Å². The van der Waals surface area contributed by atoms with Crippen molar-refractivity contribution >= 4 is 0 Å². The zero-order valence-electron chi connectivity index (χ0n) is 10.7. The van der Waals surface area contributed by atoms with E-state index < -0.39 is 0 Å². The Bertz CT molecular complexity index is 392. The third-order valence-corrected chi connectivity index (χ3v) is 3.84. The molecule has 17 heavy (non-hydrogen) atoms. The van der Waals surface area contributed by atoms with Gasteiger partial charge in [-0.2, -0.15) is 10.4 Å². The van der Waals surface area contributed by atoms with E-state index in [1.807, 2.05) is 24.0 Å². The normalized spacial score (nSPS) is 20.2. The average molecular weight is 231 g/mol. The molecule has 0 amide bonds. The van der Waals surface area contributed by atoms with Gasteiger partial charge in [-0.15, -0.1) is 0 Å². The summed E-state index contributed by atoms with van der Waals surface area (Å²) in [6, 6.07) is 4.63. The first-order valence-corrected chi connectivity index (χ1v) is 6.64. The Morgan fingerprint density at radius 2 is 1.94 bits per heavy atom. The van der Waals surface area contributed by atoms with Gasteiger partial charge in [-0.25, -0.2) is 0 Å². The van der Waals surface area contributed by atoms with E-state index in [0.29, 0.717) is 0 Å². The highest BCUT2D eigenvalue weighted by molar-refractivity contribution is 5.10. The van der Waals surface area contributed by atoms with Crippen LogP contribution in [0.1, 0.15) is 50.6 Å². The van der Waals surface area contributed by atoms with Crippen LogP contribution in [-0.2, 0) is 13.5 Å². The van der Waals surface area contributed by atoms with Crippen molar-refractivity contribution in [3.05, 3.63) is 18.0 Å². The molecule has 1 aromatic heterocycles. The maximum Gasteiger partial charge on any atom is 0.0693 e. The van der Waals surface area contributed by atoms with Crippen LogP contribution in [0.3, 0.4) is 0 Å². The van der Waals surface area contributed by atoms with Gasteiger partial charge in [-0.05, 0) is 18.9 Å². The van der Waals surface area contributed by atoms with Gasteiger partial charge in [-0.1, -0.05) is 32.1 Å². The lowest BCUT2D eigenvalue weighted by Crippen LogP contribution is -2.23. The first-order valence-electron chi connectivity index (χ1n) is 6.64. The highest BCUT2D eigenvalue weighted by atomic mass is 15.2. The van der Waals surface area contributed by atoms with Crippen molar-refractivity contribution in [1.82, 2.24) is 9.78 Å². The molecule has 0 spiro atoms. The molecule has 0 atom stereocenters. The number of hydrogen-bond acceptors (Lipinski definition) is 2. The van der Waals surface area contributed by atoms with Crippen LogP contribution in [0.5, 0.6) is 0 Å². The molecular weight excluding hydrogens is 210 g/mol. The molecule has 92 valence electrons. The highest BCUT2D eigenvalue weighted by Gasteiger charge is 2.31. The standard InChI is InChI=1S/C14H21N3/c1-17-10-7-13(16-17)11-14(12-15)8-5-3-2-4-6-9-14/h7,10H,2-6,8-9,11H2,1H3. The van der Waals surface area contributed by atoms with Gasteiger partial charge in [0, 0.05) is 19.7 Å². The van der Waals surface area contributed by atoms with Crippen LogP contribution in [0, 0.1) is 16.7 Å². The van der Waals surface area contributed by atoms with Gasteiger partial charge in [-0.3, -0.25) is 4.68 Å². The molecule has 1 aliphatic carbocycles. The molecule has 2 rings (SSSR count). The molecule has 0 aromatic carbocycles. The summed E-state index contributed by atoms with van der Waals surface area (Å²) < 4.78 is 1.82. The molecule has 0 saturated heterocycles. The molecular formula is C14H21N3. The van der Waals surface area contributed by atoms with Crippen molar-refractivity contribution in [2.24, 2.45) is 12.5 Å². The molecule has 1 aromatic rings. The Labute approximate surface area is 103 Å². The first-order chi connectivity index (χ1) is 8.24. The third kappa shape index (κ3) is 3.09. The van der Waals surface area contributed by atoms with E-state index >= 15 is 0 Å². The smallest absolute Gasteiger partial charge is 0.0693 e. The summed E-state index contributed by atoms with van der Waals surface area (Å²) in [6.07, 6.45) is 11.2. The van der Waals surface area contributed by atoms with Crippen LogP contribution in [0.4, 0.5) is 0 Å². The quantitative estimate of drug-likeness (QED) is 0.784. The molecule has 1 aliphatic rings. The Morgan fingerprint density at radius 1 is 1.29 bits per heavy atom. The number of nitrogens with zero attached hydrogens (tertiary/aromatic N) is 3. The largest absolute Gasteiger partial charge is 0.276 e. The van der Waals surface area contributed by atoms with E-state index in [0.717, 1.165) is 25.0 Å². The summed E-state index contributed by atoms with van der Waals surface area (Å²) in [5, 5.41) is 14.0. The summed E-state index contributed by atoms with van der Waals surface area (Å²) in [5.41, 5.74) is 0.907. The lowest BCUT2D eigenvalue weighted by molar-refractivity contribution is 0.284. The van der Waals surface area contributed by atoms with E-state index in [9.17, 15) is 5.26 Å². The number of aromatic nitrogens is 2. The third-order valence-electron chi connectivity index (χ3n) is 3.84. The summed E-state index contributed by atoms with van der Waals surface area (Å²) in [6.45, 7) is 0. The monoisotopic (exact) mass is 231 g/mol. The predicted octanol–water partition coefficient (Wildman–Crippen LogP) is 3.22. The zero-order chi connectivity index (χ0) is 12.1. The fraction of sp³-hybridized carbons (Fsp3) is 0.714. The maximum absolute atomic E-state index is 9.54. The van der Waals surface area contributed by atoms with Crippen LogP contribution in [-0.4, -0.2) is 9.78 Å². The lowest BCUT2D eigenvalue weighted by atomic mass is 9.74. The molecule has 0 unspecified atom stereocenters.